The van der Waals surface area contributed by atoms with Gasteiger partial charge in [0.2, 0.25) is 0 Å². The van der Waals surface area contributed by atoms with Gasteiger partial charge in [0.25, 0.3) is 0 Å². The summed E-state index contributed by atoms with van der Waals surface area (Å²) in [5.74, 6) is 0.891. The first kappa shape index (κ1) is 21.3. The predicted octanol–water partition coefficient (Wildman–Crippen LogP) is 5.32. The quantitative estimate of drug-likeness (QED) is 0.409. The van der Waals surface area contributed by atoms with E-state index in [1.165, 1.54) is 0 Å². The Balaban J connectivity index is 1.56. The normalized spacial score (nSPS) is 14.2. The molecular formula is C28H27N3O2. The summed E-state index contributed by atoms with van der Waals surface area (Å²) in [4.78, 5) is 2.39. The number of hydrogen-bond donors (Lipinski definition) is 0. The average Bonchev–Trinajstić information content (AvgIpc) is 2.90. The van der Waals surface area contributed by atoms with Crippen LogP contribution in [0.15, 0.2) is 84.9 Å². The standard InChI is InChI=1S/C28H27N3O2/c1-32-27-13-12-23(18-24(27)20-31-14-16-33-17-15-31)26-19-25(21-8-4-2-5-9-21)28(30-29-26)22-10-6-3-7-11-22/h2-13,18-19H,14-17,20H2,1H3. The Labute approximate surface area is 194 Å². The molecule has 5 rings (SSSR count). The van der Waals surface area contributed by atoms with Gasteiger partial charge in [-0.1, -0.05) is 60.7 Å². The zero-order valence-electron chi connectivity index (χ0n) is 18.8. The van der Waals surface area contributed by atoms with Gasteiger partial charge in [-0.3, -0.25) is 4.90 Å². The highest BCUT2D eigenvalue weighted by Crippen LogP contribution is 2.34. The van der Waals surface area contributed by atoms with Gasteiger partial charge < -0.3 is 9.47 Å². The molecule has 0 bridgehead atoms. The molecule has 5 heteroatoms. The van der Waals surface area contributed by atoms with Crippen LogP contribution in [0.4, 0.5) is 0 Å². The number of ether oxygens (including phenoxy) is 2. The molecule has 0 radical (unpaired) electrons. The van der Waals surface area contributed by atoms with E-state index in [0.29, 0.717) is 0 Å². The van der Waals surface area contributed by atoms with Crippen molar-refractivity contribution in [1.82, 2.24) is 15.1 Å². The van der Waals surface area contributed by atoms with Crippen LogP contribution in [0, 0.1) is 0 Å². The van der Waals surface area contributed by atoms with E-state index in [-0.39, 0.29) is 0 Å². The average molecular weight is 438 g/mol. The molecule has 5 nitrogen and oxygen atoms in total. The zero-order valence-corrected chi connectivity index (χ0v) is 18.8. The van der Waals surface area contributed by atoms with Crippen LogP contribution in [0.25, 0.3) is 33.6 Å². The number of hydrogen-bond acceptors (Lipinski definition) is 5. The van der Waals surface area contributed by atoms with Gasteiger partial charge in [0.1, 0.15) is 11.4 Å². The van der Waals surface area contributed by atoms with Crippen LogP contribution in [0.5, 0.6) is 5.75 Å². The Kier molecular flexibility index (Phi) is 6.42. The van der Waals surface area contributed by atoms with Gasteiger partial charge >= 0.3 is 0 Å². The third-order valence-electron chi connectivity index (χ3n) is 6.00. The van der Waals surface area contributed by atoms with Crippen molar-refractivity contribution >= 4 is 0 Å². The van der Waals surface area contributed by atoms with E-state index in [9.17, 15) is 0 Å². The molecule has 1 fully saturated rings. The summed E-state index contributed by atoms with van der Waals surface area (Å²) < 4.78 is 11.2. The summed E-state index contributed by atoms with van der Waals surface area (Å²) in [5, 5.41) is 9.31. The minimum Gasteiger partial charge on any atom is -0.496 e. The van der Waals surface area contributed by atoms with Crippen LogP contribution < -0.4 is 4.74 Å². The van der Waals surface area contributed by atoms with Gasteiger partial charge in [-0.2, -0.15) is 0 Å². The highest BCUT2D eigenvalue weighted by Gasteiger charge is 2.16. The lowest BCUT2D eigenvalue weighted by molar-refractivity contribution is 0.0339. The molecule has 1 aliphatic rings. The van der Waals surface area contributed by atoms with E-state index >= 15 is 0 Å². The van der Waals surface area contributed by atoms with E-state index in [1.54, 1.807) is 7.11 Å². The second-order valence-corrected chi connectivity index (χ2v) is 8.14. The van der Waals surface area contributed by atoms with Gasteiger partial charge in [0.15, 0.2) is 0 Å². The van der Waals surface area contributed by atoms with Crippen LogP contribution >= 0.6 is 0 Å². The summed E-state index contributed by atoms with van der Waals surface area (Å²) in [6.45, 7) is 4.22. The summed E-state index contributed by atoms with van der Waals surface area (Å²) in [5.41, 5.74) is 7.15. The monoisotopic (exact) mass is 437 g/mol. The highest BCUT2D eigenvalue weighted by atomic mass is 16.5. The van der Waals surface area contributed by atoms with Crippen LogP contribution in [0.1, 0.15) is 5.56 Å². The molecule has 0 N–H and O–H groups in total. The number of rotatable bonds is 6. The van der Waals surface area contributed by atoms with E-state index in [1.807, 2.05) is 30.3 Å². The molecule has 3 aromatic carbocycles. The summed E-state index contributed by atoms with van der Waals surface area (Å²) in [7, 11) is 1.72. The molecule has 1 aromatic heterocycles. The number of nitrogens with zero attached hydrogens (tertiary/aromatic N) is 3. The van der Waals surface area contributed by atoms with Crippen molar-refractivity contribution in [3.63, 3.8) is 0 Å². The molecule has 0 saturated carbocycles. The van der Waals surface area contributed by atoms with Crippen LogP contribution in [-0.2, 0) is 11.3 Å². The van der Waals surface area contributed by atoms with Gasteiger partial charge in [-0.15, -0.1) is 10.2 Å². The van der Waals surface area contributed by atoms with Crippen LogP contribution in [-0.4, -0.2) is 48.5 Å². The Hall–Kier alpha value is -3.54. The van der Waals surface area contributed by atoms with Crippen LogP contribution in [0.3, 0.4) is 0 Å². The molecule has 0 unspecified atom stereocenters. The van der Waals surface area contributed by atoms with Crippen molar-refractivity contribution in [2.75, 3.05) is 33.4 Å². The Morgan fingerprint density at radius 2 is 1.48 bits per heavy atom. The molecule has 0 atom stereocenters. The van der Waals surface area contributed by atoms with Gasteiger partial charge in [-0.25, -0.2) is 0 Å². The van der Waals surface area contributed by atoms with Crippen LogP contribution in [0.2, 0.25) is 0 Å². The molecule has 4 aromatic rings. The van der Waals surface area contributed by atoms with Crippen molar-refractivity contribution in [1.29, 1.82) is 0 Å². The summed E-state index contributed by atoms with van der Waals surface area (Å²) in [6.07, 6.45) is 0. The fourth-order valence-electron chi connectivity index (χ4n) is 4.24. The smallest absolute Gasteiger partial charge is 0.123 e. The fraction of sp³-hybridized carbons (Fsp3) is 0.214. The van der Waals surface area contributed by atoms with Crippen molar-refractivity contribution in [3.05, 3.63) is 90.5 Å². The zero-order chi connectivity index (χ0) is 22.5. The predicted molar refractivity (Wildman–Crippen MR) is 131 cm³/mol. The van der Waals surface area contributed by atoms with Crippen molar-refractivity contribution in [2.45, 2.75) is 6.54 Å². The number of aromatic nitrogens is 2. The lowest BCUT2D eigenvalue weighted by atomic mass is 9.97. The largest absolute Gasteiger partial charge is 0.496 e. The first-order valence-electron chi connectivity index (χ1n) is 11.3. The maximum absolute atomic E-state index is 5.65. The summed E-state index contributed by atoms with van der Waals surface area (Å²) in [6, 6.07) is 29.0. The first-order valence-corrected chi connectivity index (χ1v) is 11.3. The number of benzene rings is 3. The van der Waals surface area contributed by atoms with Gasteiger partial charge in [0, 0.05) is 41.9 Å². The Morgan fingerprint density at radius 1 is 0.788 bits per heavy atom. The molecule has 2 heterocycles. The Bertz CT molecular complexity index is 1210. The van der Waals surface area contributed by atoms with Gasteiger partial charge in [-0.05, 0) is 29.8 Å². The second kappa shape index (κ2) is 9.94. The van der Waals surface area contributed by atoms with Crippen molar-refractivity contribution in [2.24, 2.45) is 0 Å². The molecule has 0 amide bonds. The fourth-order valence-corrected chi connectivity index (χ4v) is 4.24. The van der Waals surface area contributed by atoms with E-state index in [0.717, 1.165) is 77.8 Å². The molecule has 33 heavy (non-hydrogen) atoms. The van der Waals surface area contributed by atoms with Crippen molar-refractivity contribution < 1.29 is 9.47 Å². The molecule has 1 saturated heterocycles. The maximum atomic E-state index is 5.65. The molecule has 0 spiro atoms. The van der Waals surface area contributed by atoms with E-state index in [2.05, 4.69) is 69.7 Å². The third-order valence-corrected chi connectivity index (χ3v) is 6.00. The SMILES string of the molecule is COc1ccc(-c2cc(-c3ccccc3)c(-c3ccccc3)nn2)cc1CN1CCOCC1. The minimum absolute atomic E-state index is 0.773. The molecule has 1 aliphatic heterocycles. The minimum atomic E-state index is 0.773. The highest BCUT2D eigenvalue weighted by molar-refractivity contribution is 5.83. The second-order valence-electron chi connectivity index (χ2n) is 8.14. The molecule has 0 aliphatic carbocycles. The molecule has 166 valence electrons. The third kappa shape index (κ3) is 4.80. The lowest BCUT2D eigenvalue weighted by Crippen LogP contribution is -2.35. The summed E-state index contributed by atoms with van der Waals surface area (Å²) >= 11 is 0. The lowest BCUT2D eigenvalue weighted by Gasteiger charge is -2.27. The Morgan fingerprint density at radius 3 is 2.18 bits per heavy atom. The van der Waals surface area contributed by atoms with Gasteiger partial charge in [0.05, 0.1) is 26.0 Å². The number of morpholine rings is 1. The van der Waals surface area contributed by atoms with Crippen molar-refractivity contribution in [3.8, 4) is 39.4 Å². The van der Waals surface area contributed by atoms with E-state index < -0.39 is 0 Å². The number of methoxy groups -OCH3 is 1. The maximum Gasteiger partial charge on any atom is 0.123 e. The van der Waals surface area contributed by atoms with E-state index in [4.69, 9.17) is 9.47 Å². The first-order chi connectivity index (χ1) is 16.3. The topological polar surface area (TPSA) is 47.5 Å². The molecular weight excluding hydrogens is 410 g/mol.